The van der Waals surface area contributed by atoms with Crippen molar-refractivity contribution in [2.75, 3.05) is 11.9 Å². The van der Waals surface area contributed by atoms with Crippen LogP contribution < -0.4 is 15.4 Å². The molecule has 0 saturated heterocycles. The van der Waals surface area contributed by atoms with Crippen LogP contribution in [0.1, 0.15) is 27.8 Å². The number of ether oxygens (including phenoxy) is 1. The van der Waals surface area contributed by atoms with Gasteiger partial charge in [0.1, 0.15) is 17.2 Å². The predicted molar refractivity (Wildman–Crippen MR) is 108 cm³/mol. The summed E-state index contributed by atoms with van der Waals surface area (Å²) in [5.41, 5.74) is 1.43. The Morgan fingerprint density at radius 3 is 2.36 bits per heavy atom. The van der Waals surface area contributed by atoms with Gasteiger partial charge in [0.25, 0.3) is 11.8 Å². The fourth-order valence-corrected chi connectivity index (χ4v) is 2.52. The number of nitrogens with one attached hydrogen (secondary N) is 2. The van der Waals surface area contributed by atoms with Crippen molar-refractivity contribution in [2.45, 2.75) is 6.92 Å². The molecule has 0 unspecified atom stereocenters. The third-order valence-electron chi connectivity index (χ3n) is 3.76. The van der Waals surface area contributed by atoms with Gasteiger partial charge in [0.15, 0.2) is 0 Å². The van der Waals surface area contributed by atoms with Gasteiger partial charge in [0.05, 0.1) is 0 Å². The molecule has 7 heteroatoms. The topological polar surface area (TPSA) is 80.3 Å². The lowest BCUT2D eigenvalue weighted by molar-refractivity contribution is 0.0949. The summed E-state index contributed by atoms with van der Waals surface area (Å²) >= 11 is 5.83. The predicted octanol–water partition coefficient (Wildman–Crippen LogP) is 4.53. The van der Waals surface area contributed by atoms with Crippen LogP contribution >= 0.6 is 11.6 Å². The molecule has 0 saturated carbocycles. The average molecular weight is 396 g/mol. The van der Waals surface area contributed by atoms with E-state index in [1.165, 1.54) is 6.20 Å². The molecule has 0 fully saturated rings. The van der Waals surface area contributed by atoms with Gasteiger partial charge in [0.2, 0.25) is 0 Å². The summed E-state index contributed by atoms with van der Waals surface area (Å²) in [6.45, 7) is 2.36. The second-order valence-corrected chi connectivity index (χ2v) is 6.26. The monoisotopic (exact) mass is 395 g/mol. The minimum Gasteiger partial charge on any atom is -0.457 e. The first-order valence-electron chi connectivity index (χ1n) is 8.64. The van der Waals surface area contributed by atoms with Crippen LogP contribution in [-0.2, 0) is 0 Å². The summed E-state index contributed by atoms with van der Waals surface area (Å²) in [6, 6.07) is 16.8. The Balaban J connectivity index is 1.64. The molecule has 3 aromatic rings. The highest BCUT2D eigenvalue weighted by Gasteiger charge is 2.09. The molecule has 2 amide bonds. The number of halogens is 1. The van der Waals surface area contributed by atoms with E-state index >= 15 is 0 Å². The van der Waals surface area contributed by atoms with Crippen LogP contribution in [0.4, 0.5) is 5.69 Å². The number of pyridine rings is 1. The molecule has 1 aromatic heterocycles. The van der Waals surface area contributed by atoms with E-state index in [2.05, 4.69) is 15.6 Å². The van der Waals surface area contributed by atoms with Gasteiger partial charge < -0.3 is 15.4 Å². The lowest BCUT2D eigenvalue weighted by atomic mass is 10.2. The molecular weight excluding hydrogens is 378 g/mol. The summed E-state index contributed by atoms with van der Waals surface area (Å²) in [4.78, 5) is 28.1. The van der Waals surface area contributed by atoms with Crippen LogP contribution in [-0.4, -0.2) is 23.3 Å². The molecule has 3 rings (SSSR count). The molecule has 0 aliphatic carbocycles. The Labute approximate surface area is 167 Å². The van der Waals surface area contributed by atoms with E-state index in [4.69, 9.17) is 16.3 Å². The fraction of sp³-hybridized carbons (Fsp3) is 0.0952. The first kappa shape index (κ1) is 19.4. The normalized spacial score (nSPS) is 10.2. The van der Waals surface area contributed by atoms with E-state index in [0.717, 1.165) is 0 Å². The molecule has 28 heavy (non-hydrogen) atoms. The highest BCUT2D eigenvalue weighted by atomic mass is 35.5. The van der Waals surface area contributed by atoms with Crippen LogP contribution in [0.15, 0.2) is 66.9 Å². The number of carbonyl (C=O) groups excluding carboxylic acids is 2. The third-order valence-corrected chi connectivity index (χ3v) is 4.01. The summed E-state index contributed by atoms with van der Waals surface area (Å²) in [7, 11) is 0. The number of hydrogen-bond donors (Lipinski definition) is 2. The minimum atomic E-state index is -0.256. The first-order chi connectivity index (χ1) is 13.5. The van der Waals surface area contributed by atoms with E-state index in [1.807, 2.05) is 6.92 Å². The minimum absolute atomic E-state index is 0.231. The first-order valence-corrected chi connectivity index (χ1v) is 9.02. The lowest BCUT2D eigenvalue weighted by Crippen LogP contribution is -2.23. The van der Waals surface area contributed by atoms with Crippen molar-refractivity contribution in [2.24, 2.45) is 0 Å². The number of nitrogens with zero attached hydrogens (tertiary/aromatic N) is 1. The number of carbonyl (C=O) groups is 2. The molecule has 2 aromatic carbocycles. The smallest absolute Gasteiger partial charge is 0.270 e. The summed E-state index contributed by atoms with van der Waals surface area (Å²) in [5.74, 6) is 0.575. The molecule has 6 nitrogen and oxygen atoms in total. The maximum atomic E-state index is 12.2. The Hall–Kier alpha value is -3.38. The molecule has 0 aliphatic rings. The fourth-order valence-electron chi connectivity index (χ4n) is 2.40. The van der Waals surface area contributed by atoms with Gasteiger partial charge in [-0.3, -0.25) is 14.6 Å². The molecular formula is C21H18ClN3O3. The second kappa shape index (κ2) is 9.01. The highest BCUT2D eigenvalue weighted by Crippen LogP contribution is 2.23. The van der Waals surface area contributed by atoms with Crippen molar-refractivity contribution >= 4 is 29.1 Å². The van der Waals surface area contributed by atoms with Crippen molar-refractivity contribution in [3.05, 3.63) is 83.1 Å². The van der Waals surface area contributed by atoms with E-state index in [9.17, 15) is 9.59 Å². The number of anilines is 1. The second-order valence-electron chi connectivity index (χ2n) is 5.82. The van der Waals surface area contributed by atoms with Crippen molar-refractivity contribution < 1.29 is 14.3 Å². The zero-order chi connectivity index (χ0) is 19.9. The molecule has 142 valence electrons. The zero-order valence-electron chi connectivity index (χ0n) is 15.1. The van der Waals surface area contributed by atoms with E-state index < -0.39 is 0 Å². The number of amides is 2. The van der Waals surface area contributed by atoms with Crippen molar-refractivity contribution in [3.8, 4) is 11.5 Å². The lowest BCUT2D eigenvalue weighted by Gasteiger charge is -2.09. The molecule has 1 heterocycles. The molecule has 0 aliphatic heterocycles. The Morgan fingerprint density at radius 2 is 1.68 bits per heavy atom. The summed E-state index contributed by atoms with van der Waals surface area (Å²) in [6.07, 6.45) is 1.51. The Morgan fingerprint density at radius 1 is 0.964 bits per heavy atom. The zero-order valence-corrected chi connectivity index (χ0v) is 15.9. The van der Waals surface area contributed by atoms with Crippen molar-refractivity contribution in [1.82, 2.24) is 10.3 Å². The number of hydrogen-bond acceptors (Lipinski definition) is 4. The SMILES string of the molecule is CCNC(=O)c1cc(Oc2ccc(NC(=O)c3ccc(Cl)cc3)cc2)ccn1. The van der Waals surface area contributed by atoms with Gasteiger partial charge in [-0.05, 0) is 61.5 Å². The van der Waals surface area contributed by atoms with Gasteiger partial charge in [-0.15, -0.1) is 0 Å². The Bertz CT molecular complexity index is 973. The van der Waals surface area contributed by atoms with Crippen LogP contribution in [0.2, 0.25) is 5.02 Å². The van der Waals surface area contributed by atoms with Crippen molar-refractivity contribution in [1.29, 1.82) is 0 Å². The molecule has 0 bridgehead atoms. The van der Waals surface area contributed by atoms with E-state index in [1.54, 1.807) is 60.7 Å². The Kier molecular flexibility index (Phi) is 6.24. The largest absolute Gasteiger partial charge is 0.457 e. The summed E-state index contributed by atoms with van der Waals surface area (Å²) in [5, 5.41) is 6.07. The number of aromatic nitrogens is 1. The van der Waals surface area contributed by atoms with Gasteiger partial charge in [-0.2, -0.15) is 0 Å². The van der Waals surface area contributed by atoms with E-state index in [0.29, 0.717) is 34.3 Å². The highest BCUT2D eigenvalue weighted by molar-refractivity contribution is 6.30. The molecule has 2 N–H and O–H groups in total. The van der Waals surface area contributed by atoms with Gasteiger partial charge in [-0.25, -0.2) is 0 Å². The van der Waals surface area contributed by atoms with Crippen LogP contribution in [0.5, 0.6) is 11.5 Å². The van der Waals surface area contributed by atoms with Gasteiger partial charge >= 0.3 is 0 Å². The third kappa shape index (κ3) is 5.08. The molecule has 0 spiro atoms. The van der Waals surface area contributed by atoms with Crippen LogP contribution in [0.3, 0.4) is 0 Å². The summed E-state index contributed by atoms with van der Waals surface area (Å²) < 4.78 is 5.76. The van der Waals surface area contributed by atoms with Gasteiger partial charge in [-0.1, -0.05) is 11.6 Å². The van der Waals surface area contributed by atoms with E-state index in [-0.39, 0.29) is 17.5 Å². The number of benzene rings is 2. The standard InChI is InChI=1S/C21H18ClN3O3/c1-2-23-21(27)19-13-18(11-12-24-19)28-17-9-7-16(8-10-17)25-20(26)14-3-5-15(22)6-4-14/h3-13H,2H2,1H3,(H,23,27)(H,25,26). The molecule has 0 atom stereocenters. The maximum Gasteiger partial charge on any atom is 0.270 e. The number of rotatable bonds is 6. The van der Waals surface area contributed by atoms with Gasteiger partial charge in [0, 0.05) is 35.1 Å². The van der Waals surface area contributed by atoms with Crippen LogP contribution in [0.25, 0.3) is 0 Å². The maximum absolute atomic E-state index is 12.2. The quantitative estimate of drug-likeness (QED) is 0.642. The average Bonchev–Trinajstić information content (AvgIpc) is 2.70. The van der Waals surface area contributed by atoms with Crippen LogP contribution in [0, 0.1) is 0 Å². The van der Waals surface area contributed by atoms with Crippen molar-refractivity contribution in [3.63, 3.8) is 0 Å². The molecule has 0 radical (unpaired) electrons.